The Kier molecular flexibility index (Phi) is 5.78. The largest absolute Gasteiger partial charge is 0.497 e. The van der Waals surface area contributed by atoms with E-state index in [-0.39, 0.29) is 5.91 Å². The van der Waals surface area contributed by atoms with E-state index >= 15 is 0 Å². The van der Waals surface area contributed by atoms with Crippen molar-refractivity contribution in [2.75, 3.05) is 46.6 Å². The fourth-order valence-electron chi connectivity index (χ4n) is 3.68. The second-order valence-corrected chi connectivity index (χ2v) is 7.14. The summed E-state index contributed by atoms with van der Waals surface area (Å²) in [6, 6.07) is 13.6. The van der Waals surface area contributed by atoms with Crippen LogP contribution in [0.3, 0.4) is 0 Å². The Labute approximate surface area is 165 Å². The van der Waals surface area contributed by atoms with Gasteiger partial charge in [-0.1, -0.05) is 12.1 Å². The van der Waals surface area contributed by atoms with E-state index in [1.54, 1.807) is 13.2 Å². The van der Waals surface area contributed by atoms with E-state index in [0.29, 0.717) is 31.0 Å². The van der Waals surface area contributed by atoms with Crippen molar-refractivity contribution in [2.24, 2.45) is 0 Å². The molecule has 1 saturated heterocycles. The monoisotopic (exact) mass is 382 g/mol. The maximum absolute atomic E-state index is 13.0. The molecule has 2 aromatic rings. The van der Waals surface area contributed by atoms with Gasteiger partial charge in [0.15, 0.2) is 0 Å². The summed E-state index contributed by atoms with van der Waals surface area (Å²) in [6.45, 7) is 5.97. The average Bonchev–Trinajstić information content (AvgIpc) is 2.96. The van der Waals surface area contributed by atoms with Crippen LogP contribution in [0.2, 0.25) is 0 Å². The highest BCUT2D eigenvalue weighted by Gasteiger charge is 2.22. The molecule has 4 rings (SSSR count). The third kappa shape index (κ3) is 4.29. The summed E-state index contributed by atoms with van der Waals surface area (Å²) in [7, 11) is 1.61. The number of nitrogens with zero attached hydrogens (tertiary/aromatic N) is 2. The van der Waals surface area contributed by atoms with Crippen molar-refractivity contribution in [3.8, 4) is 11.5 Å². The summed E-state index contributed by atoms with van der Waals surface area (Å²) in [5.74, 6) is 1.55. The molecule has 0 aliphatic carbocycles. The number of hydrogen-bond donors (Lipinski definition) is 0. The Hall–Kier alpha value is -2.57. The van der Waals surface area contributed by atoms with Crippen molar-refractivity contribution in [3.63, 3.8) is 0 Å². The van der Waals surface area contributed by atoms with E-state index in [1.165, 1.54) is 5.56 Å². The van der Waals surface area contributed by atoms with Gasteiger partial charge in [-0.25, -0.2) is 0 Å². The fraction of sp³-hybridized carbons (Fsp3) is 0.409. The van der Waals surface area contributed by atoms with E-state index in [1.807, 2.05) is 29.2 Å². The number of morpholine rings is 1. The van der Waals surface area contributed by atoms with Gasteiger partial charge in [0.2, 0.25) is 0 Å². The normalized spacial score (nSPS) is 17.4. The molecule has 0 aromatic heterocycles. The van der Waals surface area contributed by atoms with Gasteiger partial charge in [-0.2, -0.15) is 0 Å². The van der Waals surface area contributed by atoms with Gasteiger partial charge >= 0.3 is 0 Å². The maximum atomic E-state index is 13.0. The molecule has 0 bridgehead atoms. The summed E-state index contributed by atoms with van der Waals surface area (Å²) < 4.78 is 16.6. The first-order valence-electron chi connectivity index (χ1n) is 9.71. The molecule has 2 aliphatic heterocycles. The Bertz CT molecular complexity index is 833. The van der Waals surface area contributed by atoms with E-state index in [0.717, 1.165) is 44.2 Å². The van der Waals surface area contributed by atoms with E-state index in [9.17, 15) is 4.79 Å². The Morgan fingerprint density at radius 2 is 1.93 bits per heavy atom. The minimum atomic E-state index is -0.00562. The lowest BCUT2D eigenvalue weighted by molar-refractivity contribution is 0.0341. The molecular weight excluding hydrogens is 356 g/mol. The number of carbonyl (C=O) groups is 1. The smallest absolute Gasteiger partial charge is 0.254 e. The van der Waals surface area contributed by atoms with Gasteiger partial charge in [0.1, 0.15) is 18.1 Å². The van der Waals surface area contributed by atoms with Gasteiger partial charge in [0.05, 0.1) is 26.9 Å². The quantitative estimate of drug-likeness (QED) is 0.814. The van der Waals surface area contributed by atoms with Crippen LogP contribution in [0.4, 0.5) is 0 Å². The summed E-state index contributed by atoms with van der Waals surface area (Å²) in [6.07, 6.45) is 0. The number of fused-ring (bicyclic) bond motifs is 1. The van der Waals surface area contributed by atoms with Crippen LogP contribution in [0.15, 0.2) is 42.5 Å². The Balaban J connectivity index is 1.51. The van der Waals surface area contributed by atoms with Crippen molar-refractivity contribution >= 4 is 5.91 Å². The molecule has 1 fully saturated rings. The molecular formula is C22H26N2O4. The van der Waals surface area contributed by atoms with Crippen LogP contribution in [0, 0.1) is 0 Å². The van der Waals surface area contributed by atoms with Crippen LogP contribution in [0.25, 0.3) is 0 Å². The lowest BCUT2D eigenvalue weighted by Crippen LogP contribution is -2.35. The number of methoxy groups -OCH3 is 1. The molecule has 0 N–H and O–H groups in total. The van der Waals surface area contributed by atoms with Gasteiger partial charge in [0, 0.05) is 37.3 Å². The summed E-state index contributed by atoms with van der Waals surface area (Å²) in [5.41, 5.74) is 2.92. The molecule has 0 spiro atoms. The average molecular weight is 382 g/mol. The predicted octanol–water partition coefficient (Wildman–Crippen LogP) is 2.56. The van der Waals surface area contributed by atoms with Crippen LogP contribution in [0.5, 0.6) is 11.5 Å². The summed E-state index contributed by atoms with van der Waals surface area (Å²) >= 11 is 0. The number of carbonyl (C=O) groups excluding carboxylic acids is 1. The highest BCUT2D eigenvalue weighted by Crippen LogP contribution is 2.26. The number of amides is 1. The molecule has 148 valence electrons. The molecule has 2 aromatic carbocycles. The molecule has 28 heavy (non-hydrogen) atoms. The molecule has 0 radical (unpaired) electrons. The third-order valence-electron chi connectivity index (χ3n) is 5.22. The fourth-order valence-corrected chi connectivity index (χ4v) is 3.68. The van der Waals surface area contributed by atoms with Crippen molar-refractivity contribution in [1.29, 1.82) is 0 Å². The molecule has 2 heterocycles. The van der Waals surface area contributed by atoms with Gasteiger partial charge in [-0.3, -0.25) is 9.69 Å². The third-order valence-corrected chi connectivity index (χ3v) is 5.22. The van der Waals surface area contributed by atoms with Gasteiger partial charge in [-0.15, -0.1) is 0 Å². The number of benzene rings is 2. The predicted molar refractivity (Wildman–Crippen MR) is 106 cm³/mol. The molecule has 0 unspecified atom stereocenters. The summed E-state index contributed by atoms with van der Waals surface area (Å²) in [4.78, 5) is 17.3. The van der Waals surface area contributed by atoms with Crippen molar-refractivity contribution in [1.82, 2.24) is 9.80 Å². The lowest BCUT2D eigenvalue weighted by Gasteiger charge is -2.27. The molecule has 0 saturated carbocycles. The van der Waals surface area contributed by atoms with Crippen LogP contribution in [-0.4, -0.2) is 62.3 Å². The summed E-state index contributed by atoms with van der Waals surface area (Å²) in [5, 5.41) is 0. The SMILES string of the molecule is COc1cccc(C(=O)N2CCOc3ccc(CN4CCOCC4)cc3C2)c1. The maximum Gasteiger partial charge on any atom is 0.254 e. The first-order valence-corrected chi connectivity index (χ1v) is 9.71. The van der Waals surface area contributed by atoms with Gasteiger partial charge < -0.3 is 19.1 Å². The Morgan fingerprint density at radius 1 is 1.07 bits per heavy atom. The highest BCUT2D eigenvalue weighted by atomic mass is 16.5. The zero-order valence-corrected chi connectivity index (χ0v) is 16.2. The van der Waals surface area contributed by atoms with Crippen LogP contribution in [-0.2, 0) is 17.8 Å². The highest BCUT2D eigenvalue weighted by molar-refractivity contribution is 5.94. The first-order chi connectivity index (χ1) is 13.7. The molecule has 1 amide bonds. The van der Waals surface area contributed by atoms with E-state index in [2.05, 4.69) is 17.0 Å². The van der Waals surface area contributed by atoms with Crippen LogP contribution in [0.1, 0.15) is 21.5 Å². The zero-order chi connectivity index (χ0) is 19.3. The minimum absolute atomic E-state index is 0.00562. The second kappa shape index (κ2) is 8.63. The number of hydrogen-bond acceptors (Lipinski definition) is 5. The molecule has 2 aliphatic rings. The second-order valence-electron chi connectivity index (χ2n) is 7.14. The van der Waals surface area contributed by atoms with Gasteiger partial charge in [0.25, 0.3) is 5.91 Å². The van der Waals surface area contributed by atoms with E-state index < -0.39 is 0 Å². The molecule has 6 nitrogen and oxygen atoms in total. The van der Waals surface area contributed by atoms with Crippen molar-refractivity contribution < 1.29 is 19.0 Å². The van der Waals surface area contributed by atoms with Crippen LogP contribution >= 0.6 is 0 Å². The topological polar surface area (TPSA) is 51.2 Å². The molecule has 0 atom stereocenters. The Morgan fingerprint density at radius 3 is 2.75 bits per heavy atom. The lowest BCUT2D eigenvalue weighted by atomic mass is 10.1. The van der Waals surface area contributed by atoms with Crippen molar-refractivity contribution in [2.45, 2.75) is 13.1 Å². The van der Waals surface area contributed by atoms with Gasteiger partial charge in [-0.05, 0) is 35.9 Å². The molecule has 6 heteroatoms. The minimum Gasteiger partial charge on any atom is -0.497 e. The van der Waals surface area contributed by atoms with E-state index in [4.69, 9.17) is 14.2 Å². The van der Waals surface area contributed by atoms with Crippen LogP contribution < -0.4 is 9.47 Å². The number of ether oxygens (including phenoxy) is 3. The first kappa shape index (κ1) is 18.8. The number of rotatable bonds is 4. The zero-order valence-electron chi connectivity index (χ0n) is 16.2. The van der Waals surface area contributed by atoms with Crippen molar-refractivity contribution in [3.05, 3.63) is 59.2 Å². The standard InChI is InChI=1S/C22H26N2O4/c1-26-20-4-2-3-18(14-20)22(25)24-9-12-28-21-6-5-17(13-19(21)16-24)15-23-7-10-27-11-8-23/h2-6,13-14H,7-12,15-16H2,1H3.